The van der Waals surface area contributed by atoms with Crippen molar-refractivity contribution in [2.45, 2.75) is 13.1 Å². The number of hydrogen-bond acceptors (Lipinski definition) is 3. The van der Waals surface area contributed by atoms with Crippen molar-refractivity contribution in [2.75, 3.05) is 5.32 Å². The molecule has 0 saturated heterocycles. The second-order valence-corrected chi connectivity index (χ2v) is 4.77. The number of benzene rings is 1. The molecule has 2 N–H and O–H groups in total. The molecule has 1 amide bonds. The molecule has 116 valence electrons. The van der Waals surface area contributed by atoms with E-state index in [4.69, 9.17) is 11.6 Å². The number of hydrogen-bond donors (Lipinski definition) is 2. The number of nitrogens with zero attached hydrogens (tertiary/aromatic N) is 1. The van der Waals surface area contributed by atoms with Crippen molar-refractivity contribution in [1.82, 2.24) is 9.97 Å². The zero-order valence-electron chi connectivity index (χ0n) is 11.1. The molecule has 22 heavy (non-hydrogen) atoms. The van der Waals surface area contributed by atoms with Gasteiger partial charge in [0.1, 0.15) is 11.4 Å². The summed E-state index contributed by atoms with van der Waals surface area (Å²) in [6, 6.07) is 2.49. The number of rotatable bonds is 2. The molecular weight excluding hydrogens is 323 g/mol. The second kappa shape index (κ2) is 5.80. The highest BCUT2D eigenvalue weighted by atomic mass is 35.5. The van der Waals surface area contributed by atoms with Crippen LogP contribution in [0.1, 0.15) is 21.7 Å². The molecule has 5 nitrogen and oxygen atoms in total. The Labute approximate surface area is 127 Å². The monoisotopic (exact) mass is 331 g/mol. The molecule has 2 aromatic rings. The van der Waals surface area contributed by atoms with Crippen LogP contribution >= 0.6 is 11.6 Å². The predicted octanol–water partition coefficient (Wildman–Crippen LogP) is 3.00. The van der Waals surface area contributed by atoms with E-state index >= 15 is 0 Å². The predicted molar refractivity (Wildman–Crippen MR) is 74.0 cm³/mol. The van der Waals surface area contributed by atoms with Crippen LogP contribution in [0.2, 0.25) is 5.02 Å². The molecule has 1 aromatic carbocycles. The maximum atomic E-state index is 12.6. The van der Waals surface area contributed by atoms with Gasteiger partial charge in [0, 0.05) is 6.20 Å². The van der Waals surface area contributed by atoms with Gasteiger partial charge in [0.2, 0.25) is 0 Å². The Morgan fingerprint density at radius 1 is 1.36 bits per heavy atom. The van der Waals surface area contributed by atoms with Gasteiger partial charge in [-0.05, 0) is 25.1 Å². The van der Waals surface area contributed by atoms with Gasteiger partial charge in [-0.15, -0.1) is 0 Å². The second-order valence-electron chi connectivity index (χ2n) is 4.36. The van der Waals surface area contributed by atoms with Crippen molar-refractivity contribution in [1.29, 1.82) is 0 Å². The van der Waals surface area contributed by atoms with Gasteiger partial charge in [0.25, 0.3) is 11.5 Å². The lowest BCUT2D eigenvalue weighted by Crippen LogP contribution is -2.24. The summed E-state index contributed by atoms with van der Waals surface area (Å²) in [6.07, 6.45) is -3.54. The normalized spacial score (nSPS) is 11.3. The van der Waals surface area contributed by atoms with Crippen LogP contribution in [-0.2, 0) is 6.18 Å². The lowest BCUT2D eigenvalue weighted by molar-refractivity contribution is -0.137. The number of nitrogens with one attached hydrogen (secondary N) is 2. The molecule has 0 spiro atoms. The molecule has 0 radical (unpaired) electrons. The maximum absolute atomic E-state index is 12.6. The number of aromatic amines is 1. The first-order chi connectivity index (χ1) is 10.2. The molecule has 0 aliphatic heterocycles. The Morgan fingerprint density at radius 2 is 2.05 bits per heavy atom. The van der Waals surface area contributed by atoms with E-state index in [1.165, 1.54) is 6.92 Å². The summed E-state index contributed by atoms with van der Waals surface area (Å²) in [5.41, 5.74) is -2.25. The number of H-pyrrole nitrogens is 1. The molecule has 1 aromatic heterocycles. The average Bonchev–Trinajstić information content (AvgIpc) is 2.39. The SMILES string of the molecule is Cc1ncc(C(=O)Nc2cc(C(F)(F)F)ccc2Cl)c(=O)[nH]1. The van der Waals surface area contributed by atoms with Gasteiger partial charge in [-0.3, -0.25) is 9.59 Å². The minimum atomic E-state index is -4.58. The number of halogens is 4. The number of alkyl halides is 3. The van der Waals surface area contributed by atoms with Gasteiger partial charge >= 0.3 is 6.18 Å². The standard InChI is InChI=1S/C13H9ClF3N3O2/c1-6-18-5-8(11(21)19-6)12(22)20-10-4-7(13(15,16)17)2-3-9(10)14/h2-5H,1H3,(H,20,22)(H,18,19,21). The number of aryl methyl sites for hydroxylation is 1. The molecule has 0 aliphatic carbocycles. The zero-order chi connectivity index (χ0) is 16.5. The molecule has 0 saturated carbocycles. The van der Waals surface area contributed by atoms with E-state index < -0.39 is 23.2 Å². The van der Waals surface area contributed by atoms with Crippen molar-refractivity contribution in [2.24, 2.45) is 0 Å². The highest BCUT2D eigenvalue weighted by molar-refractivity contribution is 6.34. The molecule has 0 atom stereocenters. The third-order valence-corrected chi connectivity index (χ3v) is 3.04. The Kier molecular flexibility index (Phi) is 4.23. The summed E-state index contributed by atoms with van der Waals surface area (Å²) in [4.78, 5) is 29.6. The van der Waals surface area contributed by atoms with Gasteiger partial charge in [-0.25, -0.2) is 4.98 Å². The summed E-state index contributed by atoms with van der Waals surface area (Å²) >= 11 is 5.76. The minimum Gasteiger partial charge on any atom is -0.320 e. The summed E-state index contributed by atoms with van der Waals surface area (Å²) in [5, 5.41) is 2.08. The Balaban J connectivity index is 2.34. The highest BCUT2D eigenvalue weighted by Crippen LogP contribution is 2.33. The summed E-state index contributed by atoms with van der Waals surface area (Å²) in [5.74, 6) is -0.603. The number of carbonyl (C=O) groups excluding carboxylic acids is 1. The number of anilines is 1. The van der Waals surface area contributed by atoms with E-state index in [9.17, 15) is 22.8 Å². The van der Waals surface area contributed by atoms with Crippen molar-refractivity contribution in [3.05, 3.63) is 56.7 Å². The minimum absolute atomic E-state index is 0.0853. The first-order valence-electron chi connectivity index (χ1n) is 5.92. The zero-order valence-corrected chi connectivity index (χ0v) is 11.8. The topological polar surface area (TPSA) is 74.8 Å². The fourth-order valence-electron chi connectivity index (χ4n) is 1.63. The highest BCUT2D eigenvalue weighted by Gasteiger charge is 2.31. The van der Waals surface area contributed by atoms with Crippen LogP contribution in [0.4, 0.5) is 18.9 Å². The third-order valence-electron chi connectivity index (χ3n) is 2.71. The van der Waals surface area contributed by atoms with Crippen molar-refractivity contribution >= 4 is 23.2 Å². The van der Waals surface area contributed by atoms with Gasteiger partial charge in [-0.2, -0.15) is 13.2 Å². The summed E-state index contributed by atoms with van der Waals surface area (Å²) < 4.78 is 37.9. The van der Waals surface area contributed by atoms with Crippen LogP contribution in [0.15, 0.2) is 29.2 Å². The molecular formula is C13H9ClF3N3O2. The lowest BCUT2D eigenvalue weighted by atomic mass is 10.2. The first kappa shape index (κ1) is 16.0. The smallest absolute Gasteiger partial charge is 0.320 e. The quantitative estimate of drug-likeness (QED) is 0.888. The third kappa shape index (κ3) is 3.45. The summed E-state index contributed by atoms with van der Waals surface area (Å²) in [7, 11) is 0. The van der Waals surface area contributed by atoms with Crippen molar-refractivity contribution < 1.29 is 18.0 Å². The molecule has 9 heteroatoms. The first-order valence-corrected chi connectivity index (χ1v) is 6.30. The van der Waals surface area contributed by atoms with Crippen LogP contribution in [-0.4, -0.2) is 15.9 Å². The maximum Gasteiger partial charge on any atom is 0.416 e. The fraction of sp³-hybridized carbons (Fsp3) is 0.154. The molecule has 2 rings (SSSR count). The molecule has 1 heterocycles. The number of aromatic nitrogens is 2. The van der Waals surface area contributed by atoms with Crippen LogP contribution in [0.3, 0.4) is 0 Å². The van der Waals surface area contributed by atoms with Crippen LogP contribution < -0.4 is 10.9 Å². The van der Waals surface area contributed by atoms with E-state index in [1.54, 1.807) is 0 Å². The molecule has 0 unspecified atom stereocenters. The largest absolute Gasteiger partial charge is 0.416 e. The Morgan fingerprint density at radius 3 is 2.64 bits per heavy atom. The van der Waals surface area contributed by atoms with Crippen molar-refractivity contribution in [3.8, 4) is 0 Å². The van der Waals surface area contributed by atoms with E-state index in [0.29, 0.717) is 11.9 Å². The van der Waals surface area contributed by atoms with Crippen molar-refractivity contribution in [3.63, 3.8) is 0 Å². The van der Waals surface area contributed by atoms with Gasteiger partial charge in [-0.1, -0.05) is 11.6 Å². The van der Waals surface area contributed by atoms with Gasteiger partial charge in [0.15, 0.2) is 0 Å². The average molecular weight is 332 g/mol. The van der Waals surface area contributed by atoms with E-state index in [2.05, 4.69) is 15.3 Å². The van der Waals surface area contributed by atoms with E-state index in [-0.39, 0.29) is 16.3 Å². The molecule has 0 aliphatic rings. The number of amides is 1. The van der Waals surface area contributed by atoms with Crippen LogP contribution in [0.5, 0.6) is 0 Å². The Bertz CT molecular complexity index is 787. The fourth-order valence-corrected chi connectivity index (χ4v) is 1.80. The number of carbonyl (C=O) groups is 1. The lowest BCUT2D eigenvalue weighted by Gasteiger charge is -2.11. The Hall–Kier alpha value is -2.35. The van der Waals surface area contributed by atoms with Gasteiger partial charge in [0.05, 0.1) is 16.3 Å². The van der Waals surface area contributed by atoms with Gasteiger partial charge < -0.3 is 10.3 Å². The van der Waals surface area contributed by atoms with E-state index in [0.717, 1.165) is 18.3 Å². The molecule has 0 bridgehead atoms. The summed E-state index contributed by atoms with van der Waals surface area (Å²) in [6.45, 7) is 1.52. The van der Waals surface area contributed by atoms with Crippen LogP contribution in [0, 0.1) is 6.92 Å². The molecule has 0 fully saturated rings. The van der Waals surface area contributed by atoms with E-state index in [1.807, 2.05) is 0 Å². The van der Waals surface area contributed by atoms with Crippen LogP contribution in [0.25, 0.3) is 0 Å².